The number of hydrogen-bond acceptors (Lipinski definition) is 10. The molecular formula is C22H21FN8O4. The summed E-state index contributed by atoms with van der Waals surface area (Å²) < 4.78 is 30.7. The molecular weight excluding hydrogens is 459 g/mol. The van der Waals surface area contributed by atoms with Crippen LogP contribution in [0.1, 0.15) is 34.2 Å². The molecule has 0 aliphatic carbocycles. The maximum atomic E-state index is 13.9. The van der Waals surface area contributed by atoms with Crippen molar-refractivity contribution in [2.75, 3.05) is 12.8 Å². The van der Waals surface area contributed by atoms with Gasteiger partial charge in [0.05, 0.1) is 18.5 Å². The third-order valence-electron chi connectivity index (χ3n) is 5.00. The summed E-state index contributed by atoms with van der Waals surface area (Å²) >= 11 is 0. The Morgan fingerprint density at radius 1 is 1.23 bits per heavy atom. The van der Waals surface area contributed by atoms with Gasteiger partial charge in [-0.15, -0.1) is 5.10 Å². The van der Waals surface area contributed by atoms with Crippen LogP contribution in [0.3, 0.4) is 0 Å². The fraction of sp³-hybridized carbons (Fsp3) is 0.182. The van der Waals surface area contributed by atoms with E-state index in [4.69, 9.17) is 15.2 Å². The Kier molecular flexibility index (Phi) is 6.66. The van der Waals surface area contributed by atoms with Gasteiger partial charge in [-0.2, -0.15) is 9.78 Å². The third-order valence-corrected chi connectivity index (χ3v) is 5.00. The number of benzene rings is 2. The first-order chi connectivity index (χ1) is 16.9. The van der Waals surface area contributed by atoms with Gasteiger partial charge in [0.25, 0.3) is 5.91 Å². The number of aryl methyl sites for hydroxylation is 1. The Morgan fingerprint density at radius 3 is 2.74 bits per heavy atom. The van der Waals surface area contributed by atoms with Gasteiger partial charge in [0.15, 0.2) is 17.2 Å². The number of rotatable bonds is 8. The fourth-order valence-corrected chi connectivity index (χ4v) is 3.14. The second-order valence-corrected chi connectivity index (χ2v) is 7.29. The Bertz CT molecular complexity index is 1400. The lowest BCUT2D eigenvalue weighted by Gasteiger charge is -2.13. The van der Waals surface area contributed by atoms with Gasteiger partial charge in [-0.05, 0) is 48.4 Å². The molecule has 2 aromatic carbocycles. The molecule has 0 aliphatic heterocycles. The van der Waals surface area contributed by atoms with Gasteiger partial charge in [0, 0.05) is 11.1 Å². The van der Waals surface area contributed by atoms with Gasteiger partial charge in [-0.25, -0.2) is 14.4 Å². The lowest BCUT2D eigenvalue weighted by atomic mass is 10.1. The van der Waals surface area contributed by atoms with Crippen molar-refractivity contribution in [3.63, 3.8) is 0 Å². The molecule has 0 unspecified atom stereocenters. The highest BCUT2D eigenvalue weighted by molar-refractivity contribution is 6.01. The van der Waals surface area contributed by atoms with Gasteiger partial charge in [-0.1, -0.05) is 23.4 Å². The molecule has 0 atom stereocenters. The molecule has 2 aromatic heterocycles. The average Bonchev–Trinajstić information content (AvgIpc) is 3.46. The molecule has 0 saturated heterocycles. The van der Waals surface area contributed by atoms with E-state index in [2.05, 4.69) is 35.8 Å². The molecule has 4 aromatic rings. The Morgan fingerprint density at radius 2 is 2.03 bits per heavy atom. The number of carbonyl (C=O) groups excluding carboxylic acids is 1. The first-order valence-corrected chi connectivity index (χ1v) is 10.3. The zero-order valence-electron chi connectivity index (χ0n) is 19.0. The molecule has 0 fully saturated rings. The largest absolute Gasteiger partial charge is 0.493 e. The van der Waals surface area contributed by atoms with Crippen LogP contribution >= 0.6 is 0 Å². The summed E-state index contributed by atoms with van der Waals surface area (Å²) in [5, 5.41) is 19.0. The van der Waals surface area contributed by atoms with Gasteiger partial charge >= 0.3 is 0 Å². The van der Waals surface area contributed by atoms with Gasteiger partial charge in [-0.3, -0.25) is 4.79 Å². The molecule has 35 heavy (non-hydrogen) atoms. The number of ether oxygens (including phenoxy) is 2. The molecule has 1 amide bonds. The number of anilines is 1. The first-order valence-electron chi connectivity index (χ1n) is 10.3. The standard InChI is InChI=1S/C22H21FN8O4/c1-12(25-27-22(32)19-13(2)26-30-31(19)21-20(24)28-35-29-21)14-8-9-17(18(10-14)33-3)34-11-15-6-4-5-7-16(15)23/h4-10H,11H2,1-3H3,(H2,24,28)(H,27,32). The number of amides is 1. The van der Waals surface area contributed by atoms with Crippen LogP contribution in [-0.4, -0.2) is 44.0 Å². The van der Waals surface area contributed by atoms with Crippen molar-refractivity contribution in [2.45, 2.75) is 20.5 Å². The summed E-state index contributed by atoms with van der Waals surface area (Å²) in [7, 11) is 1.49. The number of nitrogens with two attached hydrogens (primary N) is 1. The number of carbonyl (C=O) groups is 1. The van der Waals surface area contributed by atoms with Gasteiger partial charge < -0.3 is 15.2 Å². The molecule has 0 radical (unpaired) electrons. The number of methoxy groups -OCH3 is 1. The van der Waals surface area contributed by atoms with Gasteiger partial charge in [0.1, 0.15) is 12.4 Å². The van der Waals surface area contributed by atoms with Crippen molar-refractivity contribution < 1.29 is 23.3 Å². The number of aromatic nitrogens is 5. The number of nitrogen functional groups attached to an aromatic ring is 1. The Labute approximate surface area is 198 Å². The van der Waals surface area contributed by atoms with Crippen molar-refractivity contribution in [3.8, 4) is 17.3 Å². The van der Waals surface area contributed by atoms with Crippen LogP contribution in [0, 0.1) is 12.7 Å². The van der Waals surface area contributed by atoms with Crippen LogP contribution < -0.4 is 20.6 Å². The Balaban J connectivity index is 1.49. The predicted octanol–water partition coefficient (Wildman–Crippen LogP) is 2.42. The molecule has 0 bridgehead atoms. The second kappa shape index (κ2) is 9.99. The van der Waals surface area contributed by atoms with Crippen LogP contribution in [0.4, 0.5) is 10.2 Å². The third kappa shape index (κ3) is 4.93. The highest BCUT2D eigenvalue weighted by Crippen LogP contribution is 2.29. The molecule has 0 saturated carbocycles. The SMILES string of the molecule is COc1cc(C(C)=NNC(=O)c2c(C)nnn2-c2nonc2N)ccc1OCc1ccccc1F. The van der Waals surface area contributed by atoms with Crippen LogP contribution in [0.25, 0.3) is 5.82 Å². The van der Waals surface area contributed by atoms with Crippen molar-refractivity contribution in [2.24, 2.45) is 5.10 Å². The van der Waals surface area contributed by atoms with Crippen LogP contribution in [0.15, 0.2) is 52.2 Å². The maximum absolute atomic E-state index is 13.9. The number of hydrazone groups is 1. The summed E-state index contributed by atoms with van der Waals surface area (Å²) in [6.45, 7) is 3.35. The number of nitrogens with zero attached hydrogens (tertiary/aromatic N) is 6. The van der Waals surface area contributed by atoms with E-state index < -0.39 is 5.91 Å². The number of nitrogens with one attached hydrogen (secondary N) is 1. The quantitative estimate of drug-likeness (QED) is 0.286. The normalized spacial score (nSPS) is 11.4. The molecule has 180 valence electrons. The molecule has 0 aliphatic rings. The first kappa shape index (κ1) is 23.4. The zero-order valence-corrected chi connectivity index (χ0v) is 19.0. The van der Waals surface area contributed by atoms with Crippen LogP contribution in [-0.2, 0) is 6.61 Å². The van der Waals surface area contributed by atoms with E-state index in [0.29, 0.717) is 34.0 Å². The minimum absolute atomic E-state index is 0.0344. The molecule has 2 heterocycles. The summed E-state index contributed by atoms with van der Waals surface area (Å²) in [6.07, 6.45) is 0. The summed E-state index contributed by atoms with van der Waals surface area (Å²) in [4.78, 5) is 12.8. The van der Waals surface area contributed by atoms with E-state index in [1.807, 2.05) is 0 Å². The van der Waals surface area contributed by atoms with Crippen molar-refractivity contribution in [1.82, 2.24) is 30.7 Å². The summed E-state index contributed by atoms with van der Waals surface area (Å²) in [5.74, 6) is -0.102. The van der Waals surface area contributed by atoms with Crippen LogP contribution in [0.2, 0.25) is 0 Å². The molecule has 13 heteroatoms. The minimum atomic E-state index is -0.592. The van der Waals surface area contributed by atoms with Crippen LogP contribution in [0.5, 0.6) is 11.5 Å². The lowest BCUT2D eigenvalue weighted by Crippen LogP contribution is -2.24. The van der Waals surface area contributed by atoms with Crippen molar-refractivity contribution in [3.05, 3.63) is 70.8 Å². The fourth-order valence-electron chi connectivity index (χ4n) is 3.14. The minimum Gasteiger partial charge on any atom is -0.493 e. The molecule has 0 spiro atoms. The Hall–Kier alpha value is -4.81. The second-order valence-electron chi connectivity index (χ2n) is 7.29. The number of halogens is 1. The van der Waals surface area contributed by atoms with E-state index in [-0.39, 0.29) is 29.8 Å². The zero-order chi connectivity index (χ0) is 24.9. The van der Waals surface area contributed by atoms with E-state index in [1.165, 1.54) is 13.2 Å². The smallest absolute Gasteiger partial charge is 0.292 e. The monoisotopic (exact) mass is 480 g/mol. The molecule has 12 nitrogen and oxygen atoms in total. The average molecular weight is 480 g/mol. The summed E-state index contributed by atoms with van der Waals surface area (Å²) in [6, 6.07) is 11.5. The predicted molar refractivity (Wildman–Crippen MR) is 122 cm³/mol. The van der Waals surface area contributed by atoms with Crippen molar-refractivity contribution >= 4 is 17.4 Å². The molecule has 3 N–H and O–H groups in total. The van der Waals surface area contributed by atoms with E-state index >= 15 is 0 Å². The van der Waals surface area contributed by atoms with E-state index in [0.717, 1.165) is 4.68 Å². The molecule has 4 rings (SSSR count). The lowest BCUT2D eigenvalue weighted by molar-refractivity contribution is 0.0946. The van der Waals surface area contributed by atoms with Gasteiger partial charge in [0.2, 0.25) is 11.6 Å². The van der Waals surface area contributed by atoms with E-state index in [1.54, 1.807) is 50.2 Å². The maximum Gasteiger partial charge on any atom is 0.292 e. The van der Waals surface area contributed by atoms with E-state index in [9.17, 15) is 9.18 Å². The van der Waals surface area contributed by atoms with Crippen molar-refractivity contribution in [1.29, 1.82) is 0 Å². The topological polar surface area (TPSA) is 156 Å². The summed E-state index contributed by atoms with van der Waals surface area (Å²) in [5.41, 5.74) is 10.1. The highest BCUT2D eigenvalue weighted by atomic mass is 19.1. The number of hydrogen-bond donors (Lipinski definition) is 2. The highest BCUT2D eigenvalue weighted by Gasteiger charge is 2.23.